The van der Waals surface area contributed by atoms with Gasteiger partial charge in [-0.3, -0.25) is 19.8 Å². The average molecular weight is 492 g/mol. The van der Waals surface area contributed by atoms with Crippen LogP contribution in [0.1, 0.15) is 23.7 Å². The van der Waals surface area contributed by atoms with E-state index < -0.39 is 11.8 Å². The quantitative estimate of drug-likeness (QED) is 0.217. The van der Waals surface area contributed by atoms with Gasteiger partial charge in [0.25, 0.3) is 11.8 Å². The summed E-state index contributed by atoms with van der Waals surface area (Å²) in [5, 5.41) is 2.80. The lowest BCUT2D eigenvalue weighted by molar-refractivity contribution is -0.122. The Morgan fingerprint density at radius 1 is 0.889 bits per heavy atom. The molecule has 5 rings (SSSR count). The highest BCUT2D eigenvalue weighted by molar-refractivity contribution is 7.80. The van der Waals surface area contributed by atoms with Crippen molar-refractivity contribution in [1.82, 2.24) is 9.88 Å². The van der Waals surface area contributed by atoms with Crippen LogP contribution in [0.25, 0.3) is 23.0 Å². The van der Waals surface area contributed by atoms with Crippen LogP contribution in [0.4, 0.5) is 5.69 Å². The minimum Gasteiger partial charge on any atom is -0.313 e. The van der Waals surface area contributed by atoms with Gasteiger partial charge in [-0.25, -0.2) is 0 Å². The zero-order valence-corrected chi connectivity index (χ0v) is 20.9. The smallest absolute Gasteiger partial charge is 0.270 e. The first-order valence-electron chi connectivity index (χ1n) is 11.8. The van der Waals surface area contributed by atoms with E-state index in [2.05, 4.69) is 9.88 Å². The molecule has 178 valence electrons. The number of hydrogen-bond donors (Lipinski definition) is 1. The summed E-state index contributed by atoms with van der Waals surface area (Å²) >= 11 is 5.42. The molecule has 1 fully saturated rings. The average Bonchev–Trinajstić information content (AvgIpc) is 3.23. The Hall–Kier alpha value is -4.29. The second kappa shape index (κ2) is 9.76. The van der Waals surface area contributed by atoms with Gasteiger partial charge in [0, 0.05) is 16.9 Å². The molecule has 6 heteroatoms. The van der Waals surface area contributed by atoms with Crippen LogP contribution in [0.15, 0.2) is 96.6 Å². The molecule has 0 unspecified atom stereocenters. The monoisotopic (exact) mass is 491 g/mol. The Morgan fingerprint density at radius 3 is 2.22 bits per heavy atom. The molecule has 1 aliphatic heterocycles. The maximum Gasteiger partial charge on any atom is 0.270 e. The molecule has 5 nitrogen and oxygen atoms in total. The summed E-state index contributed by atoms with van der Waals surface area (Å²) in [4.78, 5) is 28.2. The van der Waals surface area contributed by atoms with Crippen molar-refractivity contribution in [2.24, 2.45) is 0 Å². The van der Waals surface area contributed by atoms with Crippen molar-refractivity contribution in [3.63, 3.8) is 0 Å². The summed E-state index contributed by atoms with van der Waals surface area (Å²) in [6, 6.07) is 29.6. The van der Waals surface area contributed by atoms with Gasteiger partial charge in [0.2, 0.25) is 0 Å². The molecule has 0 atom stereocenters. The zero-order valence-electron chi connectivity index (χ0n) is 20.1. The second-order valence-electron chi connectivity index (χ2n) is 8.57. The molecule has 0 saturated carbocycles. The van der Waals surface area contributed by atoms with Crippen molar-refractivity contribution in [2.75, 3.05) is 4.90 Å². The predicted molar refractivity (Wildman–Crippen MR) is 148 cm³/mol. The molecule has 1 saturated heterocycles. The summed E-state index contributed by atoms with van der Waals surface area (Å²) < 4.78 is 2.14. The number of benzene rings is 3. The highest BCUT2D eigenvalue weighted by Gasteiger charge is 2.35. The normalized spacial score (nSPS) is 14.9. The van der Waals surface area contributed by atoms with Gasteiger partial charge in [-0.1, -0.05) is 73.7 Å². The summed E-state index contributed by atoms with van der Waals surface area (Å²) in [6.07, 6.45) is 2.41. The SMILES string of the molecule is CCc1ccccc1N1C(=O)/C(=C/c2cc(C)n(-c3ccccc3)c2-c2ccccc2)C(=O)NC1=S. The Morgan fingerprint density at radius 2 is 1.53 bits per heavy atom. The number of carbonyl (C=O) groups is 2. The second-order valence-corrected chi connectivity index (χ2v) is 8.95. The minimum atomic E-state index is -0.501. The number of carbonyl (C=O) groups excluding carboxylic acids is 2. The molecular weight excluding hydrogens is 466 g/mol. The summed E-state index contributed by atoms with van der Waals surface area (Å²) in [5.74, 6) is -0.937. The molecule has 1 aromatic heterocycles. The third-order valence-corrected chi connectivity index (χ3v) is 6.58. The van der Waals surface area contributed by atoms with Gasteiger partial charge in [-0.15, -0.1) is 0 Å². The largest absolute Gasteiger partial charge is 0.313 e. The number of anilines is 1. The van der Waals surface area contributed by atoms with E-state index in [4.69, 9.17) is 12.2 Å². The number of aryl methyl sites for hydroxylation is 2. The number of nitrogens with one attached hydrogen (secondary N) is 1. The maximum atomic E-state index is 13.7. The summed E-state index contributed by atoms with van der Waals surface area (Å²) in [5.41, 5.74) is 6.34. The molecule has 2 heterocycles. The number of rotatable bonds is 5. The molecule has 36 heavy (non-hydrogen) atoms. The molecule has 4 aromatic rings. The van der Waals surface area contributed by atoms with Crippen LogP contribution in [0, 0.1) is 6.92 Å². The fourth-order valence-corrected chi connectivity index (χ4v) is 4.91. The van der Waals surface area contributed by atoms with Crippen LogP contribution in [0.5, 0.6) is 0 Å². The van der Waals surface area contributed by atoms with Crippen molar-refractivity contribution in [3.8, 4) is 16.9 Å². The molecule has 0 spiro atoms. The first-order valence-corrected chi connectivity index (χ1v) is 12.2. The van der Waals surface area contributed by atoms with Gasteiger partial charge >= 0.3 is 0 Å². The fraction of sp³-hybridized carbons (Fsp3) is 0.100. The van der Waals surface area contributed by atoms with Gasteiger partial charge in [0.15, 0.2) is 5.11 Å². The topological polar surface area (TPSA) is 54.3 Å². The van der Waals surface area contributed by atoms with E-state index in [1.54, 1.807) is 6.08 Å². The van der Waals surface area contributed by atoms with E-state index in [1.165, 1.54) is 4.90 Å². The van der Waals surface area contributed by atoms with Crippen LogP contribution in [-0.2, 0) is 16.0 Å². The first kappa shape index (κ1) is 23.5. The van der Waals surface area contributed by atoms with Crippen molar-refractivity contribution in [1.29, 1.82) is 0 Å². The molecule has 3 aromatic carbocycles. The number of nitrogens with zero attached hydrogens (tertiary/aromatic N) is 2. The molecule has 0 bridgehead atoms. The van der Waals surface area contributed by atoms with E-state index in [0.29, 0.717) is 5.69 Å². The van der Waals surface area contributed by atoms with Gasteiger partial charge in [0.05, 0.1) is 11.4 Å². The van der Waals surface area contributed by atoms with Crippen LogP contribution >= 0.6 is 12.2 Å². The maximum absolute atomic E-state index is 13.7. The third kappa shape index (κ3) is 4.16. The lowest BCUT2D eigenvalue weighted by atomic mass is 10.0. The molecular formula is C30H25N3O2S. The van der Waals surface area contributed by atoms with E-state index in [0.717, 1.165) is 40.2 Å². The van der Waals surface area contributed by atoms with E-state index in [-0.39, 0.29) is 10.7 Å². The Kier molecular flexibility index (Phi) is 6.36. The number of aromatic nitrogens is 1. The third-order valence-electron chi connectivity index (χ3n) is 6.29. The van der Waals surface area contributed by atoms with Crippen molar-refractivity contribution in [2.45, 2.75) is 20.3 Å². The van der Waals surface area contributed by atoms with E-state index in [1.807, 2.05) is 105 Å². The predicted octanol–water partition coefficient (Wildman–Crippen LogP) is 5.85. The van der Waals surface area contributed by atoms with Crippen molar-refractivity contribution in [3.05, 3.63) is 113 Å². The van der Waals surface area contributed by atoms with E-state index >= 15 is 0 Å². The lowest BCUT2D eigenvalue weighted by Gasteiger charge is -2.30. The first-order chi connectivity index (χ1) is 17.5. The molecule has 0 radical (unpaired) electrons. The number of para-hydroxylation sites is 2. The molecule has 0 aliphatic carbocycles. The van der Waals surface area contributed by atoms with Gasteiger partial charge in [-0.05, 0) is 67.0 Å². The van der Waals surface area contributed by atoms with Gasteiger partial charge < -0.3 is 4.57 Å². The van der Waals surface area contributed by atoms with Crippen molar-refractivity contribution >= 4 is 40.9 Å². The van der Waals surface area contributed by atoms with Gasteiger partial charge in [0.1, 0.15) is 5.57 Å². The standard InChI is InChI=1S/C30H25N3O2S/c1-3-21-12-10-11-17-26(21)33-29(35)25(28(34)31-30(33)36)19-23-18-20(2)32(24-15-8-5-9-16-24)27(23)22-13-6-4-7-14-22/h4-19H,3H2,1-2H3,(H,31,34,36)/b25-19+. The molecule has 1 aliphatic rings. The van der Waals surface area contributed by atoms with Crippen molar-refractivity contribution < 1.29 is 9.59 Å². The number of thiocarbonyl (C=S) groups is 1. The number of hydrogen-bond acceptors (Lipinski definition) is 3. The van der Waals surface area contributed by atoms with Crippen LogP contribution in [-0.4, -0.2) is 21.5 Å². The fourth-order valence-electron chi connectivity index (χ4n) is 4.63. The highest BCUT2D eigenvalue weighted by atomic mass is 32.1. The van der Waals surface area contributed by atoms with Crippen LogP contribution in [0.2, 0.25) is 0 Å². The number of amides is 2. The van der Waals surface area contributed by atoms with E-state index in [9.17, 15) is 9.59 Å². The Labute approximate surface area is 215 Å². The van der Waals surface area contributed by atoms with Crippen LogP contribution in [0.3, 0.4) is 0 Å². The minimum absolute atomic E-state index is 0.0388. The van der Waals surface area contributed by atoms with Crippen LogP contribution < -0.4 is 10.2 Å². The highest BCUT2D eigenvalue weighted by Crippen LogP contribution is 2.33. The summed E-state index contributed by atoms with van der Waals surface area (Å²) in [7, 11) is 0. The zero-order chi connectivity index (χ0) is 25.2. The lowest BCUT2D eigenvalue weighted by Crippen LogP contribution is -2.54. The van der Waals surface area contributed by atoms with Gasteiger partial charge in [-0.2, -0.15) is 0 Å². The Bertz CT molecular complexity index is 1500. The Balaban J connectivity index is 1.68. The summed E-state index contributed by atoms with van der Waals surface area (Å²) in [6.45, 7) is 4.04. The molecule has 2 amide bonds. The molecule has 1 N–H and O–H groups in total.